The molecule has 0 spiro atoms. The summed E-state index contributed by atoms with van der Waals surface area (Å²) in [7, 11) is -3.98. The van der Waals surface area contributed by atoms with E-state index in [9.17, 15) is 17.7 Å². The Morgan fingerprint density at radius 1 is 0.870 bits per heavy atom. The Morgan fingerprint density at radius 3 is 1.70 bits per heavy atom. The van der Waals surface area contributed by atoms with Crippen molar-refractivity contribution in [3.05, 3.63) is 83.4 Å². The summed E-state index contributed by atoms with van der Waals surface area (Å²) in [6, 6.07) is 11.5. The van der Waals surface area contributed by atoms with Gasteiger partial charge in [0.25, 0.3) is 0 Å². The van der Waals surface area contributed by atoms with Gasteiger partial charge in [0.2, 0.25) is 0 Å². The maximum absolute atomic E-state index is 13.5. The Hall–Kier alpha value is -1.88. The van der Waals surface area contributed by atoms with E-state index in [1.54, 1.807) is 12.1 Å². The van der Waals surface area contributed by atoms with Gasteiger partial charge in [0.05, 0.1) is 25.4 Å². The predicted octanol–water partition coefficient (Wildman–Crippen LogP) is 5.33. The molecule has 2 aromatic carbocycles. The van der Waals surface area contributed by atoms with Gasteiger partial charge < -0.3 is 9.05 Å². The van der Waals surface area contributed by atoms with Crippen LogP contribution in [-0.4, -0.2) is 0 Å². The maximum Gasteiger partial charge on any atom is 0.357 e. The van der Waals surface area contributed by atoms with Crippen LogP contribution in [0.4, 0.5) is 13.2 Å². The van der Waals surface area contributed by atoms with Crippen LogP contribution < -0.4 is 0 Å². The molecule has 7 heteroatoms. The van der Waals surface area contributed by atoms with E-state index in [0.29, 0.717) is 5.82 Å². The molecular weight excluding hydrogens is 328 g/mol. The summed E-state index contributed by atoms with van der Waals surface area (Å²) in [4.78, 5) is 0. The largest absolute Gasteiger partial charge is 0.357 e. The van der Waals surface area contributed by atoms with Crippen molar-refractivity contribution >= 4 is 7.60 Å². The second kappa shape index (κ2) is 8.11. The summed E-state index contributed by atoms with van der Waals surface area (Å²) in [5.41, 5.74) is 0.295. The summed E-state index contributed by atoms with van der Waals surface area (Å²) in [5.74, 6) is -0.482. The van der Waals surface area contributed by atoms with Gasteiger partial charge in [-0.05, 0) is 12.1 Å². The lowest BCUT2D eigenvalue weighted by Gasteiger charge is -2.15. The van der Waals surface area contributed by atoms with Gasteiger partial charge >= 0.3 is 7.60 Å². The van der Waals surface area contributed by atoms with Crippen LogP contribution in [0.5, 0.6) is 0 Å². The van der Waals surface area contributed by atoms with Gasteiger partial charge in [-0.1, -0.05) is 36.4 Å². The number of benzene rings is 2. The molecule has 0 aliphatic heterocycles. The Morgan fingerprint density at radius 2 is 1.30 bits per heavy atom. The predicted molar refractivity (Wildman–Crippen MR) is 80.2 cm³/mol. The first-order valence-corrected chi connectivity index (χ1v) is 8.29. The Balaban J connectivity index is 2.05. The number of rotatable bonds is 7. The van der Waals surface area contributed by atoms with Crippen molar-refractivity contribution in [1.82, 2.24) is 0 Å². The molecule has 2 rings (SSSR count). The molecule has 0 saturated carbocycles. The highest BCUT2D eigenvalue weighted by atomic mass is 31.2. The quantitative estimate of drug-likeness (QED) is 0.638. The van der Waals surface area contributed by atoms with E-state index in [0.717, 1.165) is 0 Å². The van der Waals surface area contributed by atoms with Crippen LogP contribution >= 0.6 is 7.60 Å². The Kier molecular flexibility index (Phi) is 6.16. The molecule has 0 heterocycles. The Labute approximate surface area is 131 Å². The minimum atomic E-state index is -3.98. The van der Waals surface area contributed by atoms with Crippen LogP contribution in [-0.2, 0) is 26.8 Å². The van der Waals surface area contributed by atoms with E-state index in [1.165, 1.54) is 36.4 Å². The van der Waals surface area contributed by atoms with Crippen LogP contribution in [0.25, 0.3) is 0 Å². The molecule has 2 aromatic rings. The first-order chi connectivity index (χ1) is 11.0. The molecule has 3 nitrogen and oxygen atoms in total. The monoisotopic (exact) mass is 342 g/mol. The topological polar surface area (TPSA) is 35.5 Å². The number of halogens is 3. The van der Waals surface area contributed by atoms with Crippen molar-refractivity contribution in [2.24, 2.45) is 0 Å². The molecular formula is C16H14F3O3P. The maximum atomic E-state index is 13.5. The van der Waals surface area contributed by atoms with Crippen molar-refractivity contribution in [2.75, 3.05) is 0 Å². The van der Waals surface area contributed by atoms with Crippen LogP contribution in [0.1, 0.15) is 11.1 Å². The van der Waals surface area contributed by atoms with E-state index < -0.39 is 19.2 Å². The van der Waals surface area contributed by atoms with E-state index in [1.807, 2.05) is 0 Å². The molecule has 0 bridgehead atoms. The zero-order valence-electron chi connectivity index (χ0n) is 12.0. The second-order valence-corrected chi connectivity index (χ2v) is 6.44. The third kappa shape index (κ3) is 5.06. The van der Waals surface area contributed by atoms with Crippen molar-refractivity contribution in [1.29, 1.82) is 0 Å². The smallest absolute Gasteiger partial charge is 0.301 e. The van der Waals surface area contributed by atoms with Crippen molar-refractivity contribution < 1.29 is 26.8 Å². The van der Waals surface area contributed by atoms with E-state index >= 15 is 0 Å². The summed E-state index contributed by atoms with van der Waals surface area (Å²) in [6.07, 6.45) is 0.0173. The van der Waals surface area contributed by atoms with Crippen LogP contribution in [0.3, 0.4) is 0 Å². The van der Waals surface area contributed by atoms with E-state index in [2.05, 4.69) is 0 Å². The van der Waals surface area contributed by atoms with Gasteiger partial charge in [0.1, 0.15) is 11.6 Å². The van der Waals surface area contributed by atoms with Crippen molar-refractivity contribution in [2.45, 2.75) is 13.2 Å². The normalized spacial score (nSPS) is 12.0. The lowest BCUT2D eigenvalue weighted by molar-refractivity contribution is 0.195. The minimum Gasteiger partial charge on any atom is -0.301 e. The molecule has 0 amide bonds. The fourth-order valence-electron chi connectivity index (χ4n) is 1.74. The molecule has 23 heavy (non-hydrogen) atoms. The molecule has 0 N–H and O–H groups in total. The molecule has 0 atom stereocenters. The summed E-state index contributed by atoms with van der Waals surface area (Å²) < 4.78 is 61.9. The zero-order chi connectivity index (χ0) is 16.7. The summed E-state index contributed by atoms with van der Waals surface area (Å²) in [5, 5.41) is 0. The average Bonchev–Trinajstić information content (AvgIpc) is 2.54. The standard InChI is InChI=1S/C16H14F3O3P/c17-9-10-23(20,21-11-13-5-1-3-7-15(13)18)22-12-14-6-2-4-8-16(14)19/h1-10H,11-12H2. The van der Waals surface area contributed by atoms with Gasteiger partial charge in [0, 0.05) is 11.1 Å². The van der Waals surface area contributed by atoms with E-state index in [4.69, 9.17) is 9.05 Å². The number of hydrogen-bond acceptors (Lipinski definition) is 3. The van der Waals surface area contributed by atoms with E-state index in [-0.39, 0.29) is 30.7 Å². The lowest BCUT2D eigenvalue weighted by atomic mass is 10.2. The van der Waals surface area contributed by atoms with Gasteiger partial charge in [-0.2, -0.15) is 0 Å². The fourth-order valence-corrected chi connectivity index (χ4v) is 2.77. The van der Waals surface area contributed by atoms with Crippen LogP contribution in [0.15, 0.2) is 60.7 Å². The molecule has 0 radical (unpaired) electrons. The third-order valence-electron chi connectivity index (χ3n) is 2.95. The highest BCUT2D eigenvalue weighted by Gasteiger charge is 2.22. The van der Waals surface area contributed by atoms with Crippen molar-refractivity contribution in [3.63, 3.8) is 0 Å². The van der Waals surface area contributed by atoms with Crippen LogP contribution in [0, 0.1) is 11.6 Å². The highest BCUT2D eigenvalue weighted by molar-refractivity contribution is 7.57. The van der Waals surface area contributed by atoms with Crippen LogP contribution in [0.2, 0.25) is 0 Å². The molecule has 0 fully saturated rings. The van der Waals surface area contributed by atoms with Gasteiger partial charge in [-0.3, -0.25) is 4.57 Å². The minimum absolute atomic E-state index is 0.0173. The first kappa shape index (κ1) is 17.5. The SMILES string of the molecule is O=P(C=CF)(OCc1ccccc1F)OCc1ccccc1F. The molecule has 0 aliphatic carbocycles. The molecule has 0 unspecified atom stereocenters. The van der Waals surface area contributed by atoms with Gasteiger partial charge in [0.15, 0.2) is 0 Å². The Bertz CT molecular complexity index is 681. The van der Waals surface area contributed by atoms with Gasteiger partial charge in [-0.25, -0.2) is 13.2 Å². The molecule has 0 saturated heterocycles. The summed E-state index contributed by atoms with van der Waals surface area (Å²) in [6.45, 7) is -0.739. The van der Waals surface area contributed by atoms with Crippen molar-refractivity contribution in [3.8, 4) is 0 Å². The van der Waals surface area contributed by atoms with Gasteiger partial charge in [-0.15, -0.1) is 0 Å². The molecule has 0 aliphatic rings. The zero-order valence-corrected chi connectivity index (χ0v) is 12.9. The highest BCUT2D eigenvalue weighted by Crippen LogP contribution is 2.51. The molecule has 0 aromatic heterocycles. The summed E-state index contributed by atoms with van der Waals surface area (Å²) >= 11 is 0. The average molecular weight is 342 g/mol. The molecule has 122 valence electrons. The fraction of sp³-hybridized carbons (Fsp3) is 0.125. The third-order valence-corrected chi connectivity index (χ3v) is 4.41. The first-order valence-electron chi connectivity index (χ1n) is 6.67. The lowest BCUT2D eigenvalue weighted by Crippen LogP contribution is -1.99. The second-order valence-electron chi connectivity index (χ2n) is 4.54. The number of hydrogen-bond donors (Lipinski definition) is 0.